The van der Waals surface area contributed by atoms with E-state index in [1.165, 1.54) is 18.2 Å². The third kappa shape index (κ3) is 4.53. The number of ether oxygens (including phenoxy) is 1. The lowest BCUT2D eigenvalue weighted by atomic mass is 10.1. The molecular formula is C19H15BrF2N2O5S. The topological polar surface area (TPSA) is 110 Å². The maximum Gasteiger partial charge on any atom is 0.324 e. The minimum Gasteiger partial charge on any atom is -0.483 e. The fraction of sp³-hybridized carbons (Fsp3) is 0.105. The molecule has 0 aromatic heterocycles. The van der Waals surface area contributed by atoms with Crippen molar-refractivity contribution in [1.29, 1.82) is 0 Å². The molecule has 0 amide bonds. The van der Waals surface area contributed by atoms with Gasteiger partial charge in [-0.3, -0.25) is 4.79 Å². The summed E-state index contributed by atoms with van der Waals surface area (Å²) in [6.07, 6.45) is 0. The van der Waals surface area contributed by atoms with E-state index in [1.54, 1.807) is 30.3 Å². The molecule has 0 heterocycles. The van der Waals surface area contributed by atoms with Gasteiger partial charge in [0.15, 0.2) is 17.4 Å². The zero-order valence-electron chi connectivity index (χ0n) is 15.2. The van der Waals surface area contributed by atoms with Crippen LogP contribution in [0.1, 0.15) is 5.56 Å². The summed E-state index contributed by atoms with van der Waals surface area (Å²) in [5.74, 6) is -4.62. The monoisotopic (exact) mass is 500 g/mol. The standard InChI is InChI=1S/C19H15BrF2N2O5S/c20-12-6-7-13-14(8-12)16(21)18(24(9-15(25)26)30(23,27)28)19(17(13)22)29-10-11-4-2-1-3-5-11/h1-8H,9-10H2,(H,25,26)(H2,23,27,28). The van der Waals surface area contributed by atoms with Crippen molar-refractivity contribution < 1.29 is 31.8 Å². The molecule has 3 N–H and O–H groups in total. The third-order valence-corrected chi connectivity index (χ3v) is 5.56. The summed E-state index contributed by atoms with van der Waals surface area (Å²) in [6, 6.07) is 12.5. The molecule has 0 bridgehead atoms. The Kier molecular flexibility index (Phi) is 6.25. The fourth-order valence-electron chi connectivity index (χ4n) is 2.85. The highest BCUT2D eigenvalue weighted by molar-refractivity contribution is 9.10. The SMILES string of the molecule is NS(=O)(=O)N(CC(=O)O)c1c(OCc2ccccc2)c(F)c2ccc(Br)cc2c1F. The number of carboxylic acids is 1. The first-order valence-electron chi connectivity index (χ1n) is 8.38. The third-order valence-electron chi connectivity index (χ3n) is 4.14. The molecule has 0 saturated carbocycles. The Bertz CT molecular complexity index is 1220. The molecule has 0 saturated heterocycles. The molecule has 0 radical (unpaired) electrons. The lowest BCUT2D eigenvalue weighted by Crippen LogP contribution is -2.41. The number of hydrogen-bond donors (Lipinski definition) is 2. The van der Waals surface area contributed by atoms with Crippen LogP contribution in [-0.4, -0.2) is 26.0 Å². The molecule has 0 atom stereocenters. The minimum absolute atomic E-state index is 0.0639. The van der Waals surface area contributed by atoms with Gasteiger partial charge in [0.2, 0.25) is 0 Å². The van der Waals surface area contributed by atoms with Gasteiger partial charge in [-0.2, -0.15) is 8.42 Å². The molecule has 0 aliphatic rings. The van der Waals surface area contributed by atoms with Crippen LogP contribution < -0.4 is 14.2 Å². The molecule has 0 aliphatic heterocycles. The zero-order chi connectivity index (χ0) is 22.1. The first kappa shape index (κ1) is 21.9. The fourth-order valence-corrected chi connectivity index (χ4v) is 3.92. The predicted molar refractivity (Wildman–Crippen MR) is 110 cm³/mol. The summed E-state index contributed by atoms with van der Waals surface area (Å²) in [4.78, 5) is 11.2. The smallest absolute Gasteiger partial charge is 0.324 e. The minimum atomic E-state index is -4.78. The van der Waals surface area contributed by atoms with Crippen molar-refractivity contribution in [3.63, 3.8) is 0 Å². The molecule has 3 rings (SSSR count). The summed E-state index contributed by atoms with van der Waals surface area (Å²) in [5.41, 5.74) is -0.321. The number of rotatable bonds is 7. The number of anilines is 1. The van der Waals surface area contributed by atoms with Crippen LogP contribution >= 0.6 is 15.9 Å². The van der Waals surface area contributed by atoms with E-state index < -0.39 is 45.8 Å². The van der Waals surface area contributed by atoms with Crippen LogP contribution in [0.2, 0.25) is 0 Å². The molecule has 158 valence electrons. The number of benzene rings is 3. The Morgan fingerprint density at radius 3 is 2.37 bits per heavy atom. The van der Waals surface area contributed by atoms with E-state index in [4.69, 9.17) is 15.0 Å². The van der Waals surface area contributed by atoms with Gasteiger partial charge in [-0.25, -0.2) is 18.2 Å². The molecular weight excluding hydrogens is 486 g/mol. The second-order valence-corrected chi connectivity index (χ2v) is 8.60. The van der Waals surface area contributed by atoms with Crippen molar-refractivity contribution >= 4 is 48.6 Å². The van der Waals surface area contributed by atoms with Gasteiger partial charge < -0.3 is 9.84 Å². The van der Waals surface area contributed by atoms with Gasteiger partial charge in [-0.05, 0) is 17.7 Å². The van der Waals surface area contributed by atoms with Gasteiger partial charge in [0.1, 0.15) is 18.8 Å². The van der Waals surface area contributed by atoms with E-state index >= 15 is 8.78 Å². The van der Waals surface area contributed by atoms with Gasteiger partial charge in [0.05, 0.1) is 0 Å². The molecule has 7 nitrogen and oxygen atoms in total. The van der Waals surface area contributed by atoms with Gasteiger partial charge in [0, 0.05) is 15.2 Å². The highest BCUT2D eigenvalue weighted by Gasteiger charge is 2.32. The second kappa shape index (κ2) is 8.54. The van der Waals surface area contributed by atoms with Crippen molar-refractivity contribution in [2.45, 2.75) is 6.61 Å². The van der Waals surface area contributed by atoms with Crippen LogP contribution in [0.5, 0.6) is 5.75 Å². The largest absolute Gasteiger partial charge is 0.483 e. The van der Waals surface area contributed by atoms with E-state index in [2.05, 4.69) is 15.9 Å². The van der Waals surface area contributed by atoms with Crippen LogP contribution in [0.25, 0.3) is 10.8 Å². The quantitative estimate of drug-likeness (QED) is 0.515. The lowest BCUT2D eigenvalue weighted by Gasteiger charge is -2.24. The first-order chi connectivity index (χ1) is 14.1. The number of carboxylic acid groups (broad SMARTS) is 1. The number of hydrogen-bond acceptors (Lipinski definition) is 4. The average molecular weight is 501 g/mol. The van der Waals surface area contributed by atoms with Crippen molar-refractivity contribution in [3.05, 3.63) is 70.2 Å². The van der Waals surface area contributed by atoms with E-state index in [9.17, 15) is 13.2 Å². The van der Waals surface area contributed by atoms with Crippen LogP contribution in [0.4, 0.5) is 14.5 Å². The Morgan fingerprint density at radius 1 is 1.10 bits per heavy atom. The maximum atomic E-state index is 15.4. The Hall–Kier alpha value is -2.76. The molecule has 0 unspecified atom stereocenters. The second-order valence-electron chi connectivity index (χ2n) is 6.22. The Morgan fingerprint density at radius 2 is 1.77 bits per heavy atom. The number of nitrogens with zero attached hydrogens (tertiary/aromatic N) is 1. The van der Waals surface area contributed by atoms with Gasteiger partial charge in [-0.1, -0.05) is 52.3 Å². The normalized spacial score (nSPS) is 11.5. The average Bonchev–Trinajstić information content (AvgIpc) is 2.68. The highest BCUT2D eigenvalue weighted by atomic mass is 79.9. The van der Waals surface area contributed by atoms with Gasteiger partial charge >= 0.3 is 5.97 Å². The molecule has 30 heavy (non-hydrogen) atoms. The van der Waals surface area contributed by atoms with Crippen LogP contribution in [0, 0.1) is 11.6 Å². The molecule has 3 aromatic rings. The summed E-state index contributed by atoms with van der Waals surface area (Å²) in [5, 5.41) is 13.8. The Labute approximate surface area is 179 Å². The number of carbonyl (C=O) groups is 1. The summed E-state index contributed by atoms with van der Waals surface area (Å²) >= 11 is 3.14. The van der Waals surface area contributed by atoms with Crippen LogP contribution in [-0.2, 0) is 21.6 Å². The van der Waals surface area contributed by atoms with Gasteiger partial charge in [0.25, 0.3) is 10.2 Å². The van der Waals surface area contributed by atoms with E-state index in [-0.39, 0.29) is 21.7 Å². The summed E-state index contributed by atoms with van der Waals surface area (Å²) in [7, 11) is -4.78. The van der Waals surface area contributed by atoms with E-state index in [0.29, 0.717) is 10.0 Å². The van der Waals surface area contributed by atoms with Gasteiger partial charge in [-0.15, -0.1) is 0 Å². The summed E-state index contributed by atoms with van der Waals surface area (Å²) < 4.78 is 60.7. The number of nitrogens with two attached hydrogens (primary N) is 1. The van der Waals surface area contributed by atoms with Crippen molar-refractivity contribution in [2.24, 2.45) is 5.14 Å². The van der Waals surface area contributed by atoms with Crippen molar-refractivity contribution in [2.75, 3.05) is 10.8 Å². The highest BCUT2D eigenvalue weighted by Crippen LogP contribution is 2.42. The van der Waals surface area contributed by atoms with Crippen molar-refractivity contribution in [3.8, 4) is 5.75 Å². The predicted octanol–water partition coefficient (Wildman–Crippen LogP) is 3.55. The Balaban J connectivity index is 2.28. The van der Waals surface area contributed by atoms with E-state index in [1.807, 2.05) is 0 Å². The van der Waals surface area contributed by atoms with Crippen LogP contribution in [0.3, 0.4) is 0 Å². The molecule has 3 aromatic carbocycles. The van der Waals surface area contributed by atoms with Crippen molar-refractivity contribution in [1.82, 2.24) is 0 Å². The lowest BCUT2D eigenvalue weighted by molar-refractivity contribution is -0.135. The first-order valence-corrected chi connectivity index (χ1v) is 10.7. The summed E-state index contributed by atoms with van der Waals surface area (Å²) in [6.45, 7) is -1.45. The maximum absolute atomic E-state index is 15.4. The molecule has 0 spiro atoms. The van der Waals surface area contributed by atoms with E-state index in [0.717, 1.165) is 0 Å². The zero-order valence-corrected chi connectivity index (χ0v) is 17.6. The molecule has 0 aliphatic carbocycles. The number of aliphatic carboxylic acids is 1. The number of halogens is 3. The van der Waals surface area contributed by atoms with Crippen LogP contribution in [0.15, 0.2) is 53.0 Å². The molecule has 11 heteroatoms. The molecule has 0 fully saturated rings. The number of fused-ring (bicyclic) bond motifs is 1.